The fraction of sp³-hybridized carbons (Fsp3) is 0.286. The highest BCUT2D eigenvalue weighted by atomic mass is 16.2. The summed E-state index contributed by atoms with van der Waals surface area (Å²) in [6, 6.07) is 16.0. The Labute approximate surface area is 153 Å². The quantitative estimate of drug-likeness (QED) is 0.867. The summed E-state index contributed by atoms with van der Waals surface area (Å²) in [7, 11) is 0. The van der Waals surface area contributed by atoms with E-state index in [4.69, 9.17) is 5.26 Å². The van der Waals surface area contributed by atoms with Gasteiger partial charge in [-0.15, -0.1) is 0 Å². The van der Waals surface area contributed by atoms with Crippen molar-refractivity contribution in [1.82, 2.24) is 5.32 Å². The minimum absolute atomic E-state index is 0.127. The molecule has 0 bridgehead atoms. The van der Waals surface area contributed by atoms with Gasteiger partial charge in [0, 0.05) is 23.7 Å². The van der Waals surface area contributed by atoms with Gasteiger partial charge in [-0.05, 0) is 48.7 Å². The molecule has 2 aromatic rings. The Bertz CT molecular complexity index is 831. The predicted octanol–water partition coefficient (Wildman–Crippen LogP) is 3.62. The van der Waals surface area contributed by atoms with E-state index in [1.165, 1.54) is 0 Å². The number of amides is 2. The highest BCUT2D eigenvalue weighted by Gasteiger charge is 2.22. The predicted molar refractivity (Wildman–Crippen MR) is 99.4 cm³/mol. The number of hydrogen-bond acceptors (Lipinski definition) is 3. The van der Waals surface area contributed by atoms with E-state index < -0.39 is 0 Å². The largest absolute Gasteiger partial charge is 0.352 e. The molecule has 1 saturated carbocycles. The van der Waals surface area contributed by atoms with Crippen molar-refractivity contribution in [3.8, 4) is 6.07 Å². The summed E-state index contributed by atoms with van der Waals surface area (Å²) < 4.78 is 0. The van der Waals surface area contributed by atoms with Crippen LogP contribution in [0.2, 0.25) is 0 Å². The second-order valence-corrected chi connectivity index (χ2v) is 6.54. The molecule has 0 saturated heterocycles. The van der Waals surface area contributed by atoms with E-state index in [1.54, 1.807) is 36.4 Å². The number of carbonyl (C=O) groups is 2. The monoisotopic (exact) mass is 347 g/mol. The molecule has 0 atom stereocenters. The van der Waals surface area contributed by atoms with Crippen LogP contribution in [0.5, 0.6) is 0 Å². The highest BCUT2D eigenvalue weighted by molar-refractivity contribution is 6.04. The van der Waals surface area contributed by atoms with Gasteiger partial charge in [0.05, 0.1) is 11.6 Å². The lowest BCUT2D eigenvalue weighted by Crippen LogP contribution is -2.28. The lowest BCUT2D eigenvalue weighted by molar-refractivity contribution is -0.124. The molecule has 0 radical (unpaired) electrons. The first-order valence-electron chi connectivity index (χ1n) is 8.84. The molecule has 1 aliphatic rings. The van der Waals surface area contributed by atoms with Gasteiger partial charge in [0.15, 0.2) is 0 Å². The van der Waals surface area contributed by atoms with E-state index in [-0.39, 0.29) is 17.7 Å². The van der Waals surface area contributed by atoms with Crippen LogP contribution in [-0.2, 0) is 11.3 Å². The number of nitrogens with one attached hydrogen (secondary N) is 2. The average Bonchev–Trinajstić information content (AvgIpc) is 3.21. The molecule has 0 aliphatic heterocycles. The van der Waals surface area contributed by atoms with Gasteiger partial charge in [0.1, 0.15) is 0 Å². The topological polar surface area (TPSA) is 82.0 Å². The first-order chi connectivity index (χ1) is 12.7. The molecule has 5 heteroatoms. The Morgan fingerprint density at radius 2 is 1.81 bits per heavy atom. The third-order valence-electron chi connectivity index (χ3n) is 4.66. The third-order valence-corrected chi connectivity index (χ3v) is 4.66. The van der Waals surface area contributed by atoms with Gasteiger partial charge in [-0.3, -0.25) is 9.59 Å². The van der Waals surface area contributed by atoms with E-state index >= 15 is 0 Å². The minimum atomic E-state index is -0.235. The van der Waals surface area contributed by atoms with E-state index in [1.807, 2.05) is 18.2 Å². The van der Waals surface area contributed by atoms with Crippen molar-refractivity contribution in [3.05, 3.63) is 65.2 Å². The summed E-state index contributed by atoms with van der Waals surface area (Å²) in [5.74, 6) is 0.0487. The SMILES string of the molecule is N#Cc1cccc(NC(=O)c2ccc(CNC(=O)C3CCCC3)cc2)c1. The lowest BCUT2D eigenvalue weighted by Gasteiger charge is -2.11. The molecule has 2 aromatic carbocycles. The second-order valence-electron chi connectivity index (χ2n) is 6.54. The van der Waals surface area contributed by atoms with Crippen LogP contribution in [0.15, 0.2) is 48.5 Å². The van der Waals surface area contributed by atoms with Crippen LogP contribution < -0.4 is 10.6 Å². The molecule has 3 rings (SSSR count). The van der Waals surface area contributed by atoms with E-state index in [2.05, 4.69) is 10.6 Å². The zero-order valence-corrected chi connectivity index (χ0v) is 14.5. The van der Waals surface area contributed by atoms with Crippen molar-refractivity contribution < 1.29 is 9.59 Å². The van der Waals surface area contributed by atoms with Crippen molar-refractivity contribution >= 4 is 17.5 Å². The van der Waals surface area contributed by atoms with Gasteiger partial charge in [-0.25, -0.2) is 0 Å². The third kappa shape index (κ3) is 4.48. The Hall–Kier alpha value is -3.13. The van der Waals surface area contributed by atoms with Gasteiger partial charge >= 0.3 is 0 Å². The summed E-state index contributed by atoms with van der Waals surface area (Å²) >= 11 is 0. The normalized spacial score (nSPS) is 13.8. The van der Waals surface area contributed by atoms with Crippen LogP contribution in [0.1, 0.15) is 47.2 Å². The number of nitriles is 1. The maximum absolute atomic E-state index is 12.3. The van der Waals surface area contributed by atoms with E-state index in [0.29, 0.717) is 23.4 Å². The lowest BCUT2D eigenvalue weighted by atomic mass is 10.1. The first-order valence-corrected chi connectivity index (χ1v) is 8.84. The molecule has 0 heterocycles. The average molecular weight is 347 g/mol. The standard InChI is InChI=1S/C21H21N3O2/c22-13-16-4-3-7-19(12-16)24-21(26)18-10-8-15(9-11-18)14-23-20(25)17-5-1-2-6-17/h3-4,7-12,17H,1-2,5-6,14H2,(H,23,25)(H,24,26). The minimum Gasteiger partial charge on any atom is -0.352 e. The summed E-state index contributed by atoms with van der Waals surface area (Å²) in [6.45, 7) is 0.474. The van der Waals surface area contributed by atoms with Crippen LogP contribution >= 0.6 is 0 Å². The molecule has 132 valence electrons. The summed E-state index contributed by atoms with van der Waals surface area (Å²) in [6.07, 6.45) is 4.24. The second kappa shape index (κ2) is 8.30. The molecule has 2 N–H and O–H groups in total. The Kier molecular flexibility index (Phi) is 5.65. The zero-order valence-electron chi connectivity index (χ0n) is 14.5. The van der Waals surface area contributed by atoms with E-state index in [9.17, 15) is 9.59 Å². The summed E-state index contributed by atoms with van der Waals surface area (Å²) in [5.41, 5.74) is 2.57. The first kappa shape index (κ1) is 17.7. The van der Waals surface area contributed by atoms with Crippen molar-refractivity contribution in [2.45, 2.75) is 32.2 Å². The number of carbonyl (C=O) groups excluding carboxylic acids is 2. The van der Waals surface area contributed by atoms with Crippen LogP contribution in [0.3, 0.4) is 0 Å². The molecule has 5 nitrogen and oxygen atoms in total. The Morgan fingerprint density at radius 1 is 1.08 bits per heavy atom. The number of anilines is 1. The Balaban J connectivity index is 1.55. The molecular formula is C21H21N3O2. The number of benzene rings is 2. The van der Waals surface area contributed by atoms with Crippen molar-refractivity contribution in [2.24, 2.45) is 5.92 Å². The summed E-state index contributed by atoms with van der Waals surface area (Å²) in [5, 5.41) is 14.7. The van der Waals surface area contributed by atoms with Crippen molar-refractivity contribution in [2.75, 3.05) is 5.32 Å². The van der Waals surface area contributed by atoms with Crippen LogP contribution in [-0.4, -0.2) is 11.8 Å². The molecule has 26 heavy (non-hydrogen) atoms. The molecule has 0 aromatic heterocycles. The molecule has 1 aliphatic carbocycles. The maximum Gasteiger partial charge on any atom is 0.255 e. The molecule has 0 unspecified atom stereocenters. The van der Waals surface area contributed by atoms with Crippen LogP contribution in [0, 0.1) is 17.2 Å². The zero-order chi connectivity index (χ0) is 18.4. The van der Waals surface area contributed by atoms with Gasteiger partial charge in [-0.2, -0.15) is 5.26 Å². The number of hydrogen-bond donors (Lipinski definition) is 2. The smallest absolute Gasteiger partial charge is 0.255 e. The van der Waals surface area contributed by atoms with Crippen LogP contribution in [0.25, 0.3) is 0 Å². The van der Waals surface area contributed by atoms with Gasteiger partial charge in [-0.1, -0.05) is 31.0 Å². The molecule has 2 amide bonds. The van der Waals surface area contributed by atoms with Gasteiger partial charge in [0.25, 0.3) is 5.91 Å². The van der Waals surface area contributed by atoms with Gasteiger partial charge in [0.2, 0.25) is 5.91 Å². The van der Waals surface area contributed by atoms with Gasteiger partial charge < -0.3 is 10.6 Å². The van der Waals surface area contributed by atoms with Crippen molar-refractivity contribution in [1.29, 1.82) is 5.26 Å². The summed E-state index contributed by atoms with van der Waals surface area (Å²) in [4.78, 5) is 24.4. The Morgan fingerprint density at radius 3 is 2.50 bits per heavy atom. The number of rotatable bonds is 5. The maximum atomic E-state index is 12.3. The molecule has 1 fully saturated rings. The molecule has 0 spiro atoms. The van der Waals surface area contributed by atoms with E-state index in [0.717, 1.165) is 31.2 Å². The van der Waals surface area contributed by atoms with Crippen LogP contribution in [0.4, 0.5) is 5.69 Å². The van der Waals surface area contributed by atoms with Crippen molar-refractivity contribution in [3.63, 3.8) is 0 Å². The fourth-order valence-corrected chi connectivity index (χ4v) is 3.17. The number of nitrogens with zero attached hydrogens (tertiary/aromatic N) is 1. The fourth-order valence-electron chi connectivity index (χ4n) is 3.17. The molecular weight excluding hydrogens is 326 g/mol. The highest BCUT2D eigenvalue weighted by Crippen LogP contribution is 2.24.